The van der Waals surface area contributed by atoms with Crippen LogP contribution in [0.25, 0.3) is 0 Å². The van der Waals surface area contributed by atoms with E-state index < -0.39 is 0 Å². The van der Waals surface area contributed by atoms with Crippen LogP contribution in [0.2, 0.25) is 0 Å². The lowest BCUT2D eigenvalue weighted by atomic mass is 9.94. The van der Waals surface area contributed by atoms with Crippen molar-refractivity contribution < 1.29 is 14.3 Å². The third-order valence-electron chi connectivity index (χ3n) is 5.17. The molecule has 0 radical (unpaired) electrons. The van der Waals surface area contributed by atoms with Crippen molar-refractivity contribution in [1.82, 2.24) is 14.7 Å². The second-order valence-corrected chi connectivity index (χ2v) is 6.80. The van der Waals surface area contributed by atoms with E-state index in [4.69, 9.17) is 9.47 Å². The van der Waals surface area contributed by atoms with Gasteiger partial charge in [-0.1, -0.05) is 12.1 Å². The molecular formula is C19H23N3O3. The number of carbonyl (C=O) groups is 1. The van der Waals surface area contributed by atoms with Crippen LogP contribution < -0.4 is 9.47 Å². The minimum atomic E-state index is -0.142. The molecule has 6 nitrogen and oxygen atoms in total. The number of hydrogen-bond acceptors (Lipinski definition) is 4. The molecule has 1 aromatic heterocycles. The van der Waals surface area contributed by atoms with Crippen molar-refractivity contribution in [3.8, 4) is 11.5 Å². The average molecular weight is 341 g/mol. The fourth-order valence-electron chi connectivity index (χ4n) is 3.94. The molecule has 1 saturated heterocycles. The number of para-hydroxylation sites is 1. The molecular weight excluding hydrogens is 318 g/mol. The zero-order valence-corrected chi connectivity index (χ0v) is 14.6. The Morgan fingerprint density at radius 2 is 2.28 bits per heavy atom. The standard InChI is InChI=1S/C19H23N3O3/c1-21-11-15(10-20-21)16-6-4-8-22(16)19(23)14-9-13-5-3-7-17(24-2)18(13)25-12-14/h3,5,7,10-11,14,16H,4,6,8-9,12H2,1-2H3/t14-,16+/m1/s1. The number of rotatable bonds is 3. The highest BCUT2D eigenvalue weighted by atomic mass is 16.5. The summed E-state index contributed by atoms with van der Waals surface area (Å²) >= 11 is 0. The van der Waals surface area contributed by atoms with Gasteiger partial charge in [0.2, 0.25) is 5.91 Å². The maximum absolute atomic E-state index is 13.1. The van der Waals surface area contributed by atoms with Crippen molar-refractivity contribution in [1.29, 1.82) is 0 Å². The van der Waals surface area contributed by atoms with E-state index in [1.807, 2.05) is 42.5 Å². The van der Waals surface area contributed by atoms with Gasteiger partial charge in [0.05, 0.1) is 25.3 Å². The van der Waals surface area contributed by atoms with Gasteiger partial charge in [0.25, 0.3) is 0 Å². The zero-order chi connectivity index (χ0) is 17.4. The minimum Gasteiger partial charge on any atom is -0.493 e. The largest absolute Gasteiger partial charge is 0.493 e. The molecule has 2 aliphatic heterocycles. The first-order chi connectivity index (χ1) is 12.2. The van der Waals surface area contributed by atoms with Crippen molar-refractivity contribution in [2.45, 2.75) is 25.3 Å². The fraction of sp³-hybridized carbons (Fsp3) is 0.474. The molecule has 0 bridgehead atoms. The Kier molecular flexibility index (Phi) is 4.11. The van der Waals surface area contributed by atoms with Gasteiger partial charge in [0, 0.05) is 25.4 Å². The molecule has 0 saturated carbocycles. The summed E-state index contributed by atoms with van der Waals surface area (Å²) in [7, 11) is 3.54. The third-order valence-corrected chi connectivity index (χ3v) is 5.17. The number of likely N-dealkylation sites (tertiary alicyclic amines) is 1. The van der Waals surface area contributed by atoms with Gasteiger partial charge in [0.1, 0.15) is 6.61 Å². The number of hydrogen-bond donors (Lipinski definition) is 0. The lowest BCUT2D eigenvalue weighted by Crippen LogP contribution is -2.40. The minimum absolute atomic E-state index is 0.132. The molecule has 1 fully saturated rings. The van der Waals surface area contributed by atoms with Crippen LogP contribution in [-0.2, 0) is 18.3 Å². The SMILES string of the molecule is COc1cccc2c1OC[C@H](C(=O)N1CCC[C@H]1c1cnn(C)c1)C2. The number of ether oxygens (including phenoxy) is 2. The van der Waals surface area contributed by atoms with Gasteiger partial charge >= 0.3 is 0 Å². The summed E-state index contributed by atoms with van der Waals surface area (Å²) in [6.45, 7) is 1.21. The monoisotopic (exact) mass is 341 g/mol. The predicted octanol–water partition coefficient (Wildman–Crippen LogP) is 2.34. The highest BCUT2D eigenvalue weighted by molar-refractivity contribution is 5.80. The van der Waals surface area contributed by atoms with Crippen LogP contribution in [0, 0.1) is 5.92 Å². The van der Waals surface area contributed by atoms with E-state index in [2.05, 4.69) is 5.10 Å². The van der Waals surface area contributed by atoms with E-state index >= 15 is 0 Å². The Morgan fingerprint density at radius 3 is 3.04 bits per heavy atom. The molecule has 0 spiro atoms. The normalized spacial score (nSPS) is 22.4. The van der Waals surface area contributed by atoms with Crippen LogP contribution in [0.5, 0.6) is 11.5 Å². The Labute approximate surface area is 147 Å². The van der Waals surface area contributed by atoms with E-state index in [0.717, 1.165) is 42.0 Å². The van der Waals surface area contributed by atoms with Crippen LogP contribution in [0.1, 0.15) is 30.0 Å². The Balaban J connectivity index is 1.53. The summed E-state index contributed by atoms with van der Waals surface area (Å²) < 4.78 is 13.0. The van der Waals surface area contributed by atoms with Crippen molar-refractivity contribution in [3.63, 3.8) is 0 Å². The maximum Gasteiger partial charge on any atom is 0.229 e. The van der Waals surface area contributed by atoms with E-state index in [9.17, 15) is 4.79 Å². The Bertz CT molecular complexity index is 786. The highest BCUT2D eigenvalue weighted by Crippen LogP contribution is 2.38. The molecule has 6 heteroatoms. The lowest BCUT2D eigenvalue weighted by Gasteiger charge is -2.31. The van der Waals surface area contributed by atoms with Crippen LogP contribution in [0.3, 0.4) is 0 Å². The smallest absolute Gasteiger partial charge is 0.229 e. The van der Waals surface area contributed by atoms with Crippen molar-refractivity contribution in [2.24, 2.45) is 13.0 Å². The average Bonchev–Trinajstić information content (AvgIpc) is 3.28. The number of methoxy groups -OCH3 is 1. The van der Waals surface area contributed by atoms with Crippen LogP contribution in [-0.4, -0.2) is 40.8 Å². The fourth-order valence-corrected chi connectivity index (χ4v) is 3.94. The van der Waals surface area contributed by atoms with Crippen LogP contribution in [0.15, 0.2) is 30.6 Å². The number of fused-ring (bicyclic) bond motifs is 1. The summed E-state index contributed by atoms with van der Waals surface area (Å²) in [5.41, 5.74) is 2.16. The van der Waals surface area contributed by atoms with Gasteiger partial charge in [-0.3, -0.25) is 9.48 Å². The summed E-state index contributed by atoms with van der Waals surface area (Å²) in [6.07, 6.45) is 6.60. The summed E-state index contributed by atoms with van der Waals surface area (Å²) in [4.78, 5) is 15.2. The molecule has 0 unspecified atom stereocenters. The Hall–Kier alpha value is -2.50. The molecule has 25 heavy (non-hydrogen) atoms. The van der Waals surface area contributed by atoms with Crippen molar-refractivity contribution in [3.05, 3.63) is 41.7 Å². The topological polar surface area (TPSA) is 56.6 Å². The quantitative estimate of drug-likeness (QED) is 0.860. The summed E-state index contributed by atoms with van der Waals surface area (Å²) in [6, 6.07) is 5.98. The van der Waals surface area contributed by atoms with Crippen LogP contribution >= 0.6 is 0 Å². The molecule has 0 N–H and O–H groups in total. The lowest BCUT2D eigenvalue weighted by molar-refractivity contribution is -0.137. The molecule has 0 aliphatic carbocycles. The molecule has 132 valence electrons. The number of nitrogens with zero attached hydrogens (tertiary/aromatic N) is 3. The van der Waals surface area contributed by atoms with Gasteiger partial charge in [-0.25, -0.2) is 0 Å². The van der Waals surface area contributed by atoms with E-state index in [1.54, 1.807) is 11.8 Å². The first-order valence-corrected chi connectivity index (χ1v) is 8.75. The number of benzene rings is 1. The molecule has 1 aromatic carbocycles. The maximum atomic E-state index is 13.1. The van der Waals surface area contributed by atoms with Gasteiger partial charge in [-0.15, -0.1) is 0 Å². The second-order valence-electron chi connectivity index (χ2n) is 6.80. The predicted molar refractivity (Wildman–Crippen MR) is 92.6 cm³/mol. The van der Waals surface area contributed by atoms with Crippen LogP contribution in [0.4, 0.5) is 0 Å². The Morgan fingerprint density at radius 1 is 1.40 bits per heavy atom. The van der Waals surface area contributed by atoms with Crippen molar-refractivity contribution >= 4 is 5.91 Å². The van der Waals surface area contributed by atoms with Crippen molar-refractivity contribution in [2.75, 3.05) is 20.3 Å². The summed E-state index contributed by atoms with van der Waals surface area (Å²) in [5.74, 6) is 1.55. The number of aromatic nitrogens is 2. The highest BCUT2D eigenvalue weighted by Gasteiger charge is 2.37. The third kappa shape index (κ3) is 2.86. The first kappa shape index (κ1) is 16.0. The first-order valence-electron chi connectivity index (χ1n) is 8.75. The van der Waals surface area contributed by atoms with E-state index in [0.29, 0.717) is 13.0 Å². The van der Waals surface area contributed by atoms with E-state index in [1.165, 1.54) is 0 Å². The van der Waals surface area contributed by atoms with Gasteiger partial charge in [-0.2, -0.15) is 5.10 Å². The second kappa shape index (κ2) is 6.43. The molecule has 4 rings (SSSR count). The summed E-state index contributed by atoms with van der Waals surface area (Å²) in [5, 5.41) is 4.26. The number of aryl methyl sites for hydroxylation is 1. The zero-order valence-electron chi connectivity index (χ0n) is 14.6. The number of amides is 1. The van der Waals surface area contributed by atoms with Gasteiger partial charge in [0.15, 0.2) is 11.5 Å². The van der Waals surface area contributed by atoms with Gasteiger partial charge < -0.3 is 14.4 Å². The molecule has 2 aliphatic rings. The van der Waals surface area contributed by atoms with E-state index in [-0.39, 0.29) is 17.9 Å². The molecule has 3 heterocycles. The number of carbonyl (C=O) groups excluding carboxylic acids is 1. The van der Waals surface area contributed by atoms with Gasteiger partial charge in [-0.05, 0) is 30.9 Å². The molecule has 2 aromatic rings. The molecule has 1 amide bonds. The molecule has 2 atom stereocenters.